The van der Waals surface area contributed by atoms with E-state index < -0.39 is 10.0 Å². The molecule has 0 aromatic heterocycles. The van der Waals surface area contributed by atoms with Crippen molar-refractivity contribution in [1.82, 2.24) is 0 Å². The number of nitrogens with one attached hydrogen (secondary N) is 1. The molecule has 2 atom stereocenters. The highest BCUT2D eigenvalue weighted by molar-refractivity contribution is 7.92. The summed E-state index contributed by atoms with van der Waals surface area (Å²) in [6, 6.07) is 15.6. The fourth-order valence-electron chi connectivity index (χ4n) is 3.80. The lowest BCUT2D eigenvalue weighted by Gasteiger charge is -2.29. The molecule has 0 radical (unpaired) electrons. The summed E-state index contributed by atoms with van der Waals surface area (Å²) in [5, 5.41) is 2.98. The minimum absolute atomic E-state index is 0.000146. The van der Waals surface area contributed by atoms with Crippen LogP contribution in [-0.4, -0.2) is 26.6 Å². The Morgan fingerprint density at radius 2 is 1.89 bits per heavy atom. The van der Waals surface area contributed by atoms with E-state index in [-0.39, 0.29) is 23.5 Å². The molecule has 2 fully saturated rings. The molecule has 2 aliphatic rings. The summed E-state index contributed by atoms with van der Waals surface area (Å²) >= 11 is 0. The minimum Gasteiger partial charge on any atom is -0.326 e. The van der Waals surface area contributed by atoms with Crippen molar-refractivity contribution < 1.29 is 13.2 Å². The summed E-state index contributed by atoms with van der Waals surface area (Å²) in [5.74, 6) is 0.443. The third kappa shape index (κ3) is 3.72. The molecular formula is C21H24N2O3S. The lowest BCUT2D eigenvalue weighted by molar-refractivity contribution is -0.117. The van der Waals surface area contributed by atoms with Crippen molar-refractivity contribution in [3.8, 4) is 0 Å². The van der Waals surface area contributed by atoms with Gasteiger partial charge < -0.3 is 5.32 Å². The number of sulfonamides is 1. The average Bonchev–Trinajstić information content (AvgIpc) is 3.45. The summed E-state index contributed by atoms with van der Waals surface area (Å²) in [6.07, 6.45) is 2.42. The molecule has 27 heavy (non-hydrogen) atoms. The summed E-state index contributed by atoms with van der Waals surface area (Å²) in [4.78, 5) is 12.6. The predicted octanol–water partition coefficient (Wildman–Crippen LogP) is 3.67. The molecule has 1 aliphatic carbocycles. The van der Waals surface area contributed by atoms with Crippen LogP contribution in [0, 0.1) is 12.8 Å². The van der Waals surface area contributed by atoms with Gasteiger partial charge >= 0.3 is 0 Å². The topological polar surface area (TPSA) is 66.5 Å². The molecule has 0 bridgehead atoms. The first-order valence-corrected chi connectivity index (χ1v) is 11.0. The summed E-state index contributed by atoms with van der Waals surface area (Å²) < 4.78 is 26.3. The minimum atomic E-state index is -3.27. The number of anilines is 2. The first kappa shape index (κ1) is 18.0. The Balaban J connectivity index is 1.50. The van der Waals surface area contributed by atoms with Gasteiger partial charge in [0.1, 0.15) is 0 Å². The number of amides is 1. The molecule has 2 aromatic carbocycles. The van der Waals surface area contributed by atoms with Crippen molar-refractivity contribution in [3.63, 3.8) is 0 Å². The van der Waals surface area contributed by atoms with Gasteiger partial charge in [0.25, 0.3) is 0 Å². The molecule has 1 saturated heterocycles. The molecule has 2 aromatic rings. The number of hydrogen-bond donors (Lipinski definition) is 1. The van der Waals surface area contributed by atoms with Crippen molar-refractivity contribution in [2.75, 3.05) is 21.9 Å². The van der Waals surface area contributed by atoms with Crippen LogP contribution in [0.4, 0.5) is 11.4 Å². The molecule has 6 heteroatoms. The molecule has 142 valence electrons. The maximum absolute atomic E-state index is 12.6. The largest absolute Gasteiger partial charge is 0.326 e. The maximum Gasteiger partial charge on any atom is 0.235 e. The van der Waals surface area contributed by atoms with Crippen LogP contribution in [-0.2, 0) is 14.8 Å². The second-order valence-electron chi connectivity index (χ2n) is 7.45. The first-order valence-electron chi connectivity index (χ1n) is 9.42. The predicted molar refractivity (Wildman–Crippen MR) is 107 cm³/mol. The third-order valence-corrected chi connectivity index (χ3v) is 7.30. The van der Waals surface area contributed by atoms with Crippen molar-refractivity contribution in [2.24, 2.45) is 5.92 Å². The SMILES string of the molecule is Cc1ccc(NC(=O)C2CC2c2ccccc2)cc1N1CCCCS1(=O)=O. The summed E-state index contributed by atoms with van der Waals surface area (Å²) in [7, 11) is -3.27. The van der Waals surface area contributed by atoms with E-state index in [0.717, 1.165) is 18.4 Å². The molecular weight excluding hydrogens is 360 g/mol. The Kier molecular flexibility index (Phi) is 4.68. The van der Waals surface area contributed by atoms with Crippen LogP contribution in [0.1, 0.15) is 36.3 Å². The van der Waals surface area contributed by atoms with Crippen molar-refractivity contribution in [3.05, 3.63) is 59.7 Å². The van der Waals surface area contributed by atoms with Crippen LogP contribution >= 0.6 is 0 Å². The zero-order chi connectivity index (χ0) is 19.0. The highest BCUT2D eigenvalue weighted by atomic mass is 32.2. The molecule has 5 nitrogen and oxygen atoms in total. The molecule has 1 saturated carbocycles. The Labute approximate surface area is 160 Å². The number of nitrogens with zero attached hydrogens (tertiary/aromatic N) is 1. The second kappa shape index (κ2) is 7.00. The van der Waals surface area contributed by atoms with E-state index in [4.69, 9.17) is 0 Å². The number of carbonyl (C=O) groups is 1. The fraction of sp³-hybridized carbons (Fsp3) is 0.381. The zero-order valence-corrected chi connectivity index (χ0v) is 16.2. The van der Waals surface area contributed by atoms with Gasteiger partial charge in [-0.1, -0.05) is 36.4 Å². The van der Waals surface area contributed by atoms with Gasteiger partial charge in [0.15, 0.2) is 0 Å². The van der Waals surface area contributed by atoms with Gasteiger partial charge in [-0.2, -0.15) is 0 Å². The number of carbonyl (C=O) groups excluding carboxylic acids is 1. The summed E-state index contributed by atoms with van der Waals surface area (Å²) in [5.41, 5.74) is 3.41. The highest BCUT2D eigenvalue weighted by Gasteiger charge is 2.43. The van der Waals surface area contributed by atoms with Gasteiger partial charge in [-0.3, -0.25) is 9.10 Å². The van der Waals surface area contributed by atoms with Crippen LogP contribution in [0.2, 0.25) is 0 Å². The van der Waals surface area contributed by atoms with E-state index >= 15 is 0 Å². The number of benzene rings is 2. The van der Waals surface area contributed by atoms with Crippen LogP contribution in [0.15, 0.2) is 48.5 Å². The number of hydrogen-bond acceptors (Lipinski definition) is 3. The average molecular weight is 385 g/mol. The summed E-state index contributed by atoms with van der Waals surface area (Å²) in [6.45, 7) is 2.40. The molecule has 1 amide bonds. The lowest BCUT2D eigenvalue weighted by atomic mass is 10.1. The Morgan fingerprint density at radius 3 is 2.63 bits per heavy atom. The normalized spacial score (nSPS) is 23.7. The second-order valence-corrected chi connectivity index (χ2v) is 9.46. The smallest absolute Gasteiger partial charge is 0.235 e. The lowest BCUT2D eigenvalue weighted by Crippen LogP contribution is -2.38. The molecule has 1 aliphatic heterocycles. The molecule has 0 spiro atoms. The van der Waals surface area contributed by atoms with E-state index in [0.29, 0.717) is 24.3 Å². The Bertz CT molecular complexity index is 957. The van der Waals surface area contributed by atoms with Gasteiger partial charge in [-0.15, -0.1) is 0 Å². The monoisotopic (exact) mass is 384 g/mol. The van der Waals surface area contributed by atoms with Gasteiger partial charge in [0, 0.05) is 18.2 Å². The molecule has 1 heterocycles. The van der Waals surface area contributed by atoms with Crippen LogP contribution in [0.25, 0.3) is 0 Å². The van der Waals surface area contributed by atoms with Gasteiger partial charge in [-0.05, 0) is 55.4 Å². The van der Waals surface area contributed by atoms with E-state index in [1.807, 2.05) is 37.3 Å². The number of aryl methyl sites for hydroxylation is 1. The van der Waals surface area contributed by atoms with Crippen molar-refractivity contribution in [1.29, 1.82) is 0 Å². The highest BCUT2D eigenvalue weighted by Crippen LogP contribution is 2.48. The Hall–Kier alpha value is -2.34. The van der Waals surface area contributed by atoms with Crippen LogP contribution in [0.5, 0.6) is 0 Å². The maximum atomic E-state index is 12.6. The van der Waals surface area contributed by atoms with Crippen LogP contribution in [0.3, 0.4) is 0 Å². The first-order chi connectivity index (χ1) is 13.0. The van der Waals surface area contributed by atoms with Gasteiger partial charge in [0.2, 0.25) is 15.9 Å². The van der Waals surface area contributed by atoms with E-state index in [9.17, 15) is 13.2 Å². The van der Waals surface area contributed by atoms with E-state index in [1.165, 1.54) is 9.87 Å². The quantitative estimate of drug-likeness (QED) is 0.875. The fourth-order valence-corrected chi connectivity index (χ4v) is 5.50. The van der Waals surface area contributed by atoms with Crippen LogP contribution < -0.4 is 9.62 Å². The van der Waals surface area contributed by atoms with Gasteiger partial charge in [-0.25, -0.2) is 8.42 Å². The van der Waals surface area contributed by atoms with Crippen molar-refractivity contribution >= 4 is 27.3 Å². The Morgan fingerprint density at radius 1 is 1.11 bits per heavy atom. The van der Waals surface area contributed by atoms with Crippen molar-refractivity contribution in [2.45, 2.75) is 32.1 Å². The number of rotatable bonds is 4. The van der Waals surface area contributed by atoms with Gasteiger partial charge in [0.05, 0.1) is 11.4 Å². The third-order valence-electron chi connectivity index (χ3n) is 5.45. The van der Waals surface area contributed by atoms with E-state index in [1.54, 1.807) is 6.07 Å². The molecule has 1 N–H and O–H groups in total. The molecule has 2 unspecified atom stereocenters. The van der Waals surface area contributed by atoms with E-state index in [2.05, 4.69) is 17.4 Å². The molecule has 4 rings (SSSR count). The zero-order valence-electron chi connectivity index (χ0n) is 15.4. The standard InChI is InChI=1S/C21H24N2O3S/c1-15-9-10-17(13-20(15)23-11-5-6-12-27(23,25)26)22-21(24)19-14-18(19)16-7-3-2-4-8-16/h2-4,7-10,13,18-19H,5-6,11-12,14H2,1H3,(H,22,24).